The highest BCUT2D eigenvalue weighted by atomic mass is 16.2. The molecule has 8 nitrogen and oxygen atoms in total. The molecule has 1 aliphatic heterocycles. The number of anilines is 2. The number of nitrogens with zero attached hydrogens (tertiary/aromatic N) is 4. The van der Waals surface area contributed by atoms with E-state index in [2.05, 4.69) is 20.2 Å². The molecule has 0 atom stereocenters. The quantitative estimate of drug-likeness (QED) is 0.810. The third-order valence-corrected chi connectivity index (χ3v) is 4.60. The van der Waals surface area contributed by atoms with Crippen LogP contribution in [-0.4, -0.2) is 59.4 Å². The summed E-state index contributed by atoms with van der Waals surface area (Å²) in [7, 11) is 0. The summed E-state index contributed by atoms with van der Waals surface area (Å²) >= 11 is 0. The maximum Gasteiger partial charge on any atom is 0.272 e. The molecule has 3 heterocycles. The summed E-state index contributed by atoms with van der Waals surface area (Å²) in [6.07, 6.45) is 3.17. The van der Waals surface area contributed by atoms with Crippen LogP contribution in [-0.2, 0) is 0 Å². The van der Waals surface area contributed by atoms with Gasteiger partial charge in [-0.15, -0.1) is 0 Å². The van der Waals surface area contributed by atoms with Crippen molar-refractivity contribution in [1.82, 2.24) is 20.2 Å². The lowest BCUT2D eigenvalue weighted by Gasteiger charge is -2.35. The van der Waals surface area contributed by atoms with Crippen molar-refractivity contribution in [3.05, 3.63) is 47.9 Å². The Balaban J connectivity index is 1.58. The van der Waals surface area contributed by atoms with Crippen molar-refractivity contribution in [3.63, 3.8) is 0 Å². The van der Waals surface area contributed by atoms with Crippen LogP contribution in [0.2, 0.25) is 0 Å². The Hall–Kier alpha value is -3.16. The van der Waals surface area contributed by atoms with Crippen LogP contribution in [0.5, 0.6) is 0 Å². The van der Waals surface area contributed by atoms with Crippen molar-refractivity contribution in [3.8, 4) is 0 Å². The number of amides is 2. The van der Waals surface area contributed by atoms with Crippen molar-refractivity contribution in [2.24, 2.45) is 5.92 Å². The summed E-state index contributed by atoms with van der Waals surface area (Å²) in [6, 6.07) is 6.87. The van der Waals surface area contributed by atoms with Crippen LogP contribution >= 0.6 is 0 Å². The molecule has 1 saturated heterocycles. The Bertz CT molecular complexity index is 829. The third kappa shape index (κ3) is 4.57. The molecule has 8 heteroatoms. The standard InChI is InChI=1S/C20H26N6O2/c1-14(2)12-24-19(27)15-5-6-17(23-13-15)20(28)26-10-8-25(9-11-26)18-16(21)4-3-7-22-18/h3-7,13-14H,8-12,21H2,1-2H3,(H,24,27). The number of hydrogen-bond donors (Lipinski definition) is 2. The summed E-state index contributed by atoms with van der Waals surface area (Å²) in [5.74, 6) is 0.812. The first-order valence-electron chi connectivity index (χ1n) is 9.44. The Morgan fingerprint density at radius 2 is 1.89 bits per heavy atom. The average molecular weight is 382 g/mol. The molecule has 0 bridgehead atoms. The highest BCUT2D eigenvalue weighted by Crippen LogP contribution is 2.21. The van der Waals surface area contributed by atoms with Gasteiger partial charge in [-0.25, -0.2) is 4.98 Å². The van der Waals surface area contributed by atoms with E-state index in [0.29, 0.717) is 55.6 Å². The number of nitrogens with one attached hydrogen (secondary N) is 1. The van der Waals surface area contributed by atoms with Crippen LogP contribution in [0.4, 0.5) is 11.5 Å². The number of aromatic nitrogens is 2. The predicted octanol–water partition coefficient (Wildman–Crippen LogP) is 1.41. The highest BCUT2D eigenvalue weighted by molar-refractivity contribution is 5.96. The Kier molecular flexibility index (Phi) is 6.08. The molecule has 0 spiro atoms. The van der Waals surface area contributed by atoms with E-state index in [1.807, 2.05) is 19.9 Å². The summed E-state index contributed by atoms with van der Waals surface area (Å²) in [4.78, 5) is 37.1. The van der Waals surface area contributed by atoms with Crippen molar-refractivity contribution in [2.45, 2.75) is 13.8 Å². The second-order valence-electron chi connectivity index (χ2n) is 7.23. The van der Waals surface area contributed by atoms with E-state index in [9.17, 15) is 9.59 Å². The van der Waals surface area contributed by atoms with Crippen molar-refractivity contribution in [1.29, 1.82) is 0 Å². The molecule has 148 valence electrons. The van der Waals surface area contributed by atoms with Crippen molar-refractivity contribution in [2.75, 3.05) is 43.4 Å². The summed E-state index contributed by atoms with van der Waals surface area (Å²) in [5, 5.41) is 2.84. The third-order valence-electron chi connectivity index (χ3n) is 4.60. The number of rotatable bonds is 5. The van der Waals surface area contributed by atoms with Gasteiger partial charge < -0.3 is 20.9 Å². The molecule has 0 unspecified atom stereocenters. The molecule has 0 aliphatic carbocycles. The number of carbonyl (C=O) groups is 2. The monoisotopic (exact) mass is 382 g/mol. The fraction of sp³-hybridized carbons (Fsp3) is 0.400. The normalized spacial score (nSPS) is 14.2. The van der Waals surface area contributed by atoms with Crippen LogP contribution in [0.1, 0.15) is 34.7 Å². The van der Waals surface area contributed by atoms with Gasteiger partial charge in [0.25, 0.3) is 11.8 Å². The first-order valence-corrected chi connectivity index (χ1v) is 9.44. The summed E-state index contributed by atoms with van der Waals surface area (Å²) < 4.78 is 0. The van der Waals surface area contributed by atoms with E-state index in [-0.39, 0.29) is 11.8 Å². The van der Waals surface area contributed by atoms with Gasteiger partial charge in [0, 0.05) is 45.1 Å². The van der Waals surface area contributed by atoms with Gasteiger partial charge in [0.1, 0.15) is 5.69 Å². The highest BCUT2D eigenvalue weighted by Gasteiger charge is 2.24. The van der Waals surface area contributed by atoms with E-state index < -0.39 is 0 Å². The predicted molar refractivity (Wildman–Crippen MR) is 108 cm³/mol. The molecule has 2 amide bonds. The average Bonchev–Trinajstić information content (AvgIpc) is 2.72. The van der Waals surface area contributed by atoms with E-state index in [1.165, 1.54) is 6.20 Å². The molecule has 2 aromatic rings. The minimum absolute atomic E-state index is 0.136. The molecular formula is C20H26N6O2. The van der Waals surface area contributed by atoms with Gasteiger partial charge in [-0.2, -0.15) is 0 Å². The lowest BCUT2D eigenvalue weighted by atomic mass is 10.2. The number of pyridine rings is 2. The molecule has 0 aromatic carbocycles. The number of carbonyl (C=O) groups excluding carboxylic acids is 2. The first kappa shape index (κ1) is 19.6. The lowest BCUT2D eigenvalue weighted by Crippen LogP contribution is -2.49. The fourth-order valence-corrected chi connectivity index (χ4v) is 3.01. The van der Waals surface area contributed by atoms with E-state index in [4.69, 9.17) is 5.73 Å². The molecule has 1 fully saturated rings. The Morgan fingerprint density at radius 1 is 1.14 bits per heavy atom. The minimum atomic E-state index is -0.179. The van der Waals surface area contributed by atoms with Crippen molar-refractivity contribution >= 4 is 23.3 Å². The Labute approximate surface area is 164 Å². The van der Waals surface area contributed by atoms with Crippen LogP contribution in [0, 0.1) is 5.92 Å². The van der Waals surface area contributed by atoms with Crippen LogP contribution in [0.15, 0.2) is 36.7 Å². The molecule has 0 saturated carbocycles. The summed E-state index contributed by atoms with van der Waals surface area (Å²) in [6.45, 7) is 7.10. The topological polar surface area (TPSA) is 104 Å². The lowest BCUT2D eigenvalue weighted by molar-refractivity contribution is 0.0740. The second kappa shape index (κ2) is 8.69. The van der Waals surface area contributed by atoms with E-state index in [1.54, 1.807) is 29.3 Å². The van der Waals surface area contributed by atoms with Gasteiger partial charge in [-0.3, -0.25) is 14.6 Å². The summed E-state index contributed by atoms with van der Waals surface area (Å²) in [5.41, 5.74) is 7.41. The Morgan fingerprint density at radius 3 is 2.50 bits per heavy atom. The smallest absolute Gasteiger partial charge is 0.272 e. The number of nitrogens with two attached hydrogens (primary N) is 1. The van der Waals surface area contributed by atoms with E-state index in [0.717, 1.165) is 5.82 Å². The SMILES string of the molecule is CC(C)CNC(=O)c1ccc(C(=O)N2CCN(c3ncccc3N)CC2)nc1. The maximum atomic E-state index is 12.7. The molecule has 3 N–H and O–H groups in total. The van der Waals surface area contributed by atoms with Gasteiger partial charge in [0.15, 0.2) is 5.82 Å². The number of nitrogen functional groups attached to an aromatic ring is 1. The molecule has 0 radical (unpaired) electrons. The molecule has 3 rings (SSSR count). The second-order valence-corrected chi connectivity index (χ2v) is 7.23. The minimum Gasteiger partial charge on any atom is -0.396 e. The molecule has 2 aromatic heterocycles. The van der Waals surface area contributed by atoms with Gasteiger partial charge in [-0.1, -0.05) is 13.8 Å². The van der Waals surface area contributed by atoms with Crippen LogP contribution in [0.25, 0.3) is 0 Å². The molecule has 28 heavy (non-hydrogen) atoms. The van der Waals surface area contributed by atoms with Crippen molar-refractivity contribution < 1.29 is 9.59 Å². The van der Waals surface area contributed by atoms with Crippen LogP contribution < -0.4 is 16.0 Å². The zero-order valence-electron chi connectivity index (χ0n) is 16.3. The first-order chi connectivity index (χ1) is 13.5. The van der Waals surface area contributed by atoms with Gasteiger partial charge in [0.2, 0.25) is 0 Å². The van der Waals surface area contributed by atoms with Gasteiger partial charge >= 0.3 is 0 Å². The zero-order valence-corrected chi connectivity index (χ0v) is 16.3. The molecule has 1 aliphatic rings. The van der Waals surface area contributed by atoms with E-state index >= 15 is 0 Å². The maximum absolute atomic E-state index is 12.7. The molecular weight excluding hydrogens is 356 g/mol. The fourth-order valence-electron chi connectivity index (χ4n) is 3.01. The zero-order chi connectivity index (χ0) is 20.1. The number of piperazine rings is 1. The van der Waals surface area contributed by atoms with Gasteiger partial charge in [-0.05, 0) is 30.2 Å². The largest absolute Gasteiger partial charge is 0.396 e. The number of hydrogen-bond acceptors (Lipinski definition) is 6. The van der Waals surface area contributed by atoms with Gasteiger partial charge in [0.05, 0.1) is 11.3 Å². The van der Waals surface area contributed by atoms with Crippen LogP contribution in [0.3, 0.4) is 0 Å².